The van der Waals surface area contributed by atoms with Gasteiger partial charge in [-0.2, -0.15) is 0 Å². The van der Waals surface area contributed by atoms with Gasteiger partial charge in [0.05, 0.1) is 25.3 Å². The highest BCUT2D eigenvalue weighted by Gasteiger charge is 2.13. The maximum Gasteiger partial charge on any atom is 0.310 e. The minimum absolute atomic E-state index is 0.00409. The van der Waals surface area contributed by atoms with Crippen molar-refractivity contribution >= 4 is 5.97 Å². The molecule has 1 fully saturated rings. The Kier molecular flexibility index (Phi) is 7.19. The summed E-state index contributed by atoms with van der Waals surface area (Å²) in [4.78, 5) is 18.6. The van der Waals surface area contributed by atoms with Gasteiger partial charge < -0.3 is 9.47 Å². The summed E-state index contributed by atoms with van der Waals surface area (Å²) in [6.45, 7) is 3.78. The van der Waals surface area contributed by atoms with Crippen LogP contribution < -0.4 is 0 Å². The number of ether oxygens (including phenoxy) is 2. The second kappa shape index (κ2) is 10.4. The van der Waals surface area contributed by atoms with Gasteiger partial charge in [0.25, 0.3) is 0 Å². The average Bonchev–Trinajstić information content (AvgIpc) is 2.79. The Balaban J connectivity index is 1.34. The number of aromatic nitrogens is 1. The van der Waals surface area contributed by atoms with E-state index >= 15 is 0 Å². The van der Waals surface area contributed by atoms with Crippen molar-refractivity contribution in [3.8, 4) is 11.3 Å². The molecule has 0 aliphatic carbocycles. The third-order valence-corrected chi connectivity index (χ3v) is 5.28. The first-order chi connectivity index (χ1) is 15.6. The van der Waals surface area contributed by atoms with Gasteiger partial charge in [-0.1, -0.05) is 24.3 Å². The van der Waals surface area contributed by atoms with Crippen LogP contribution in [-0.4, -0.2) is 42.2 Å². The summed E-state index contributed by atoms with van der Waals surface area (Å²) in [7, 11) is 0. The van der Waals surface area contributed by atoms with Gasteiger partial charge in [0.2, 0.25) is 0 Å². The summed E-state index contributed by atoms with van der Waals surface area (Å²) in [6.07, 6.45) is 1.57. The predicted molar refractivity (Wildman–Crippen MR) is 116 cm³/mol. The Bertz CT molecular complexity index is 1070. The second-order valence-corrected chi connectivity index (χ2v) is 7.72. The van der Waals surface area contributed by atoms with Gasteiger partial charge >= 0.3 is 5.97 Å². The molecule has 0 atom stereocenters. The lowest BCUT2D eigenvalue weighted by atomic mass is 10.1. The van der Waals surface area contributed by atoms with Crippen LogP contribution in [0.5, 0.6) is 0 Å². The van der Waals surface area contributed by atoms with Gasteiger partial charge in [0.1, 0.15) is 18.2 Å². The minimum atomic E-state index is -0.442. The van der Waals surface area contributed by atoms with Crippen LogP contribution in [0.2, 0.25) is 0 Å². The highest BCUT2D eigenvalue weighted by Crippen LogP contribution is 2.23. The van der Waals surface area contributed by atoms with Crippen LogP contribution in [0.4, 0.5) is 8.78 Å². The van der Waals surface area contributed by atoms with E-state index in [0.717, 1.165) is 18.7 Å². The molecule has 7 heteroatoms. The molecule has 4 rings (SSSR count). The topological polar surface area (TPSA) is 51.7 Å². The largest absolute Gasteiger partial charge is 0.461 e. The lowest BCUT2D eigenvalue weighted by Gasteiger charge is -2.26. The second-order valence-electron chi connectivity index (χ2n) is 7.72. The SMILES string of the molecule is O=C(Cc1ccc(-c2ccc(CN3CCOCC3)cc2F)nc1)OCc1cccc(F)c1. The van der Waals surface area contributed by atoms with Crippen LogP contribution in [-0.2, 0) is 33.8 Å². The number of hydrogen-bond donors (Lipinski definition) is 0. The van der Waals surface area contributed by atoms with Crippen molar-refractivity contribution in [2.45, 2.75) is 19.6 Å². The first-order valence-corrected chi connectivity index (χ1v) is 10.5. The molecule has 0 spiro atoms. The summed E-state index contributed by atoms with van der Waals surface area (Å²) in [5.41, 5.74) is 3.06. The number of halogens is 2. The van der Waals surface area contributed by atoms with Crippen molar-refractivity contribution in [3.63, 3.8) is 0 Å². The molecule has 0 radical (unpaired) electrons. The number of carbonyl (C=O) groups excluding carboxylic acids is 1. The summed E-state index contributed by atoms with van der Waals surface area (Å²) in [5.74, 6) is -1.15. The predicted octanol–water partition coefficient (Wildman–Crippen LogP) is 4.14. The van der Waals surface area contributed by atoms with Gasteiger partial charge in [-0.05, 0) is 47.0 Å². The number of benzene rings is 2. The van der Waals surface area contributed by atoms with E-state index in [-0.39, 0.29) is 24.7 Å². The zero-order valence-corrected chi connectivity index (χ0v) is 17.6. The molecule has 0 unspecified atom stereocenters. The van der Waals surface area contributed by atoms with Crippen molar-refractivity contribution in [3.05, 3.63) is 89.1 Å². The fourth-order valence-electron chi connectivity index (χ4n) is 3.58. The molecule has 1 aromatic heterocycles. The van der Waals surface area contributed by atoms with Gasteiger partial charge in [0.15, 0.2) is 0 Å². The van der Waals surface area contributed by atoms with E-state index < -0.39 is 5.97 Å². The first-order valence-electron chi connectivity index (χ1n) is 10.5. The third kappa shape index (κ3) is 5.96. The van der Waals surface area contributed by atoms with Crippen LogP contribution in [0.25, 0.3) is 11.3 Å². The molecule has 2 aromatic carbocycles. The zero-order chi connectivity index (χ0) is 22.3. The van der Waals surface area contributed by atoms with E-state index in [2.05, 4.69) is 9.88 Å². The molecule has 1 aliphatic heterocycles. The normalized spacial score (nSPS) is 14.3. The van der Waals surface area contributed by atoms with E-state index in [1.165, 1.54) is 12.1 Å². The molecule has 3 aromatic rings. The van der Waals surface area contributed by atoms with Crippen LogP contribution in [0, 0.1) is 11.6 Å². The molecule has 32 heavy (non-hydrogen) atoms. The maximum absolute atomic E-state index is 14.7. The fourth-order valence-corrected chi connectivity index (χ4v) is 3.58. The van der Waals surface area contributed by atoms with E-state index in [1.807, 2.05) is 6.07 Å². The monoisotopic (exact) mass is 438 g/mol. The van der Waals surface area contributed by atoms with E-state index in [0.29, 0.717) is 42.1 Å². The number of pyridine rings is 1. The Hall–Kier alpha value is -3.16. The Morgan fingerprint density at radius 2 is 1.81 bits per heavy atom. The van der Waals surface area contributed by atoms with Gasteiger partial charge in [-0.3, -0.25) is 14.7 Å². The van der Waals surface area contributed by atoms with Crippen molar-refractivity contribution in [2.75, 3.05) is 26.3 Å². The van der Waals surface area contributed by atoms with E-state index in [4.69, 9.17) is 9.47 Å². The molecule has 0 saturated carbocycles. The molecular weight excluding hydrogens is 414 g/mol. The molecule has 166 valence electrons. The van der Waals surface area contributed by atoms with Gasteiger partial charge in [-0.25, -0.2) is 8.78 Å². The summed E-state index contributed by atoms with van der Waals surface area (Å²) in [5, 5.41) is 0. The van der Waals surface area contributed by atoms with Crippen molar-refractivity contribution in [1.29, 1.82) is 0 Å². The number of morpholine rings is 1. The summed E-state index contributed by atoms with van der Waals surface area (Å²) in [6, 6.07) is 14.5. The van der Waals surface area contributed by atoms with E-state index in [9.17, 15) is 13.6 Å². The number of hydrogen-bond acceptors (Lipinski definition) is 5. The number of carbonyl (C=O) groups is 1. The zero-order valence-electron chi connectivity index (χ0n) is 17.6. The Labute approximate surface area is 185 Å². The summed E-state index contributed by atoms with van der Waals surface area (Å²) < 4.78 is 38.4. The summed E-state index contributed by atoms with van der Waals surface area (Å²) >= 11 is 0. The number of rotatable bonds is 7. The molecule has 0 amide bonds. The molecule has 1 saturated heterocycles. The quantitative estimate of drug-likeness (QED) is 0.519. The molecule has 1 aliphatic rings. The van der Waals surface area contributed by atoms with Crippen LogP contribution in [0.15, 0.2) is 60.8 Å². The van der Waals surface area contributed by atoms with Crippen LogP contribution >= 0.6 is 0 Å². The van der Waals surface area contributed by atoms with Gasteiger partial charge in [-0.15, -0.1) is 0 Å². The fraction of sp³-hybridized carbons (Fsp3) is 0.280. The van der Waals surface area contributed by atoms with Crippen molar-refractivity contribution in [1.82, 2.24) is 9.88 Å². The Morgan fingerprint density at radius 1 is 1.00 bits per heavy atom. The highest BCUT2D eigenvalue weighted by atomic mass is 19.1. The van der Waals surface area contributed by atoms with Crippen LogP contribution in [0.3, 0.4) is 0 Å². The van der Waals surface area contributed by atoms with Gasteiger partial charge in [0, 0.05) is 31.4 Å². The Morgan fingerprint density at radius 3 is 2.53 bits per heavy atom. The van der Waals surface area contributed by atoms with Crippen molar-refractivity contribution in [2.24, 2.45) is 0 Å². The van der Waals surface area contributed by atoms with Crippen LogP contribution in [0.1, 0.15) is 16.7 Å². The smallest absolute Gasteiger partial charge is 0.310 e. The average molecular weight is 438 g/mol. The first kappa shape index (κ1) is 22.0. The highest BCUT2D eigenvalue weighted by molar-refractivity contribution is 5.72. The third-order valence-electron chi connectivity index (χ3n) is 5.28. The molecular formula is C25H24F2N2O3. The minimum Gasteiger partial charge on any atom is -0.461 e. The van der Waals surface area contributed by atoms with Crippen molar-refractivity contribution < 1.29 is 23.0 Å². The maximum atomic E-state index is 14.7. The molecule has 2 heterocycles. The number of esters is 1. The standard InChI is InChI=1S/C25H24F2N2O3/c26-21-3-1-2-20(12-21)17-32-25(30)14-18-5-7-24(28-15-18)22-6-4-19(13-23(22)27)16-29-8-10-31-11-9-29/h1-7,12-13,15H,8-11,14,16-17H2. The molecule has 0 bridgehead atoms. The number of nitrogens with zero attached hydrogens (tertiary/aromatic N) is 2. The molecule has 5 nitrogen and oxygen atoms in total. The molecule has 0 N–H and O–H groups in total. The lowest BCUT2D eigenvalue weighted by Crippen LogP contribution is -2.35. The lowest BCUT2D eigenvalue weighted by molar-refractivity contribution is -0.144. The van der Waals surface area contributed by atoms with E-state index in [1.54, 1.807) is 42.6 Å².